The van der Waals surface area contributed by atoms with Crippen LogP contribution in [0.5, 0.6) is 0 Å². The van der Waals surface area contributed by atoms with Gasteiger partial charge in [0, 0.05) is 6.42 Å². The molecule has 0 saturated heterocycles. The van der Waals surface area contributed by atoms with E-state index in [-0.39, 0.29) is 11.7 Å². The Morgan fingerprint density at radius 1 is 1.15 bits per heavy atom. The summed E-state index contributed by atoms with van der Waals surface area (Å²) in [5, 5.41) is 5.30. The number of amides is 2. The topological polar surface area (TPSA) is 118 Å². The molecule has 0 aromatic carbocycles. The molecule has 0 aliphatic heterocycles. The zero-order valence-corrected chi connectivity index (χ0v) is 16.4. The van der Waals surface area contributed by atoms with E-state index in [9.17, 15) is 19.2 Å². The van der Waals surface area contributed by atoms with E-state index in [0.29, 0.717) is 38.5 Å². The highest BCUT2D eigenvalue weighted by molar-refractivity contribution is 6.38. The Hall–Kier alpha value is -1.76. The van der Waals surface area contributed by atoms with E-state index < -0.39 is 29.3 Å². The van der Waals surface area contributed by atoms with E-state index in [4.69, 9.17) is 5.73 Å². The van der Waals surface area contributed by atoms with Crippen molar-refractivity contribution in [2.75, 3.05) is 0 Å². The Morgan fingerprint density at radius 3 is 2.48 bits per heavy atom. The standard InChI is InChI=1S/C20H33N3O4/c1-2-3-9-15(23-19(27)20(21)12-7-4-8-13-20)17(25)18(26)22-14-10-5-6-11-16(14)24/h14-15H,2-13,21H2,1H3,(H,22,26)(H,23,27)/t14-,15+/m1/s1. The molecular formula is C20H33N3O4. The van der Waals surface area contributed by atoms with Gasteiger partial charge in [-0.1, -0.05) is 45.4 Å². The molecule has 0 aromatic heterocycles. The maximum absolute atomic E-state index is 12.7. The number of nitrogens with two attached hydrogens (primary N) is 1. The lowest BCUT2D eigenvalue weighted by molar-refractivity contribution is -0.142. The van der Waals surface area contributed by atoms with Crippen molar-refractivity contribution in [3.8, 4) is 0 Å². The van der Waals surface area contributed by atoms with Gasteiger partial charge in [-0.15, -0.1) is 0 Å². The van der Waals surface area contributed by atoms with Crippen molar-refractivity contribution in [3.63, 3.8) is 0 Å². The molecule has 2 saturated carbocycles. The maximum Gasteiger partial charge on any atom is 0.290 e. The molecule has 0 bridgehead atoms. The van der Waals surface area contributed by atoms with Crippen molar-refractivity contribution in [3.05, 3.63) is 0 Å². The summed E-state index contributed by atoms with van der Waals surface area (Å²) in [7, 11) is 0. The fourth-order valence-corrected chi connectivity index (χ4v) is 3.91. The first-order valence-electron chi connectivity index (χ1n) is 10.3. The van der Waals surface area contributed by atoms with Crippen molar-refractivity contribution in [1.82, 2.24) is 10.6 Å². The summed E-state index contributed by atoms with van der Waals surface area (Å²) in [6, 6.07) is -1.48. The number of carbonyl (C=O) groups excluding carboxylic acids is 4. The average Bonchev–Trinajstić information content (AvgIpc) is 2.66. The van der Waals surface area contributed by atoms with E-state index in [1.807, 2.05) is 6.92 Å². The molecule has 0 spiro atoms. The predicted molar refractivity (Wildman–Crippen MR) is 102 cm³/mol. The Balaban J connectivity index is 2.00. The van der Waals surface area contributed by atoms with Crippen LogP contribution in [0.4, 0.5) is 0 Å². The number of rotatable bonds is 8. The van der Waals surface area contributed by atoms with Gasteiger partial charge >= 0.3 is 0 Å². The van der Waals surface area contributed by atoms with Gasteiger partial charge in [0.1, 0.15) is 0 Å². The molecule has 2 rings (SSSR count). The quantitative estimate of drug-likeness (QED) is 0.553. The van der Waals surface area contributed by atoms with E-state index in [2.05, 4.69) is 10.6 Å². The Morgan fingerprint density at radius 2 is 1.85 bits per heavy atom. The third-order valence-electron chi connectivity index (χ3n) is 5.75. The molecule has 2 fully saturated rings. The highest BCUT2D eigenvalue weighted by Gasteiger charge is 2.38. The van der Waals surface area contributed by atoms with E-state index in [1.165, 1.54) is 0 Å². The number of hydrogen-bond donors (Lipinski definition) is 3. The summed E-state index contributed by atoms with van der Waals surface area (Å²) in [5.74, 6) is -1.85. The van der Waals surface area contributed by atoms with Crippen molar-refractivity contribution in [2.24, 2.45) is 5.73 Å². The summed E-state index contributed by atoms with van der Waals surface area (Å²) in [5.41, 5.74) is 5.30. The van der Waals surface area contributed by atoms with Crippen LogP contribution >= 0.6 is 0 Å². The molecule has 27 heavy (non-hydrogen) atoms. The molecule has 4 N–H and O–H groups in total. The maximum atomic E-state index is 12.7. The molecular weight excluding hydrogens is 346 g/mol. The number of hydrogen-bond acceptors (Lipinski definition) is 5. The second-order valence-corrected chi connectivity index (χ2v) is 7.99. The van der Waals surface area contributed by atoms with Gasteiger partial charge < -0.3 is 16.4 Å². The monoisotopic (exact) mass is 379 g/mol. The van der Waals surface area contributed by atoms with Crippen LogP contribution in [0.15, 0.2) is 0 Å². The summed E-state index contributed by atoms with van der Waals surface area (Å²) in [4.78, 5) is 49.7. The summed E-state index contributed by atoms with van der Waals surface area (Å²) in [6.07, 6.45) is 8.66. The molecule has 2 aliphatic carbocycles. The minimum atomic E-state index is -0.960. The average molecular weight is 380 g/mol. The van der Waals surface area contributed by atoms with E-state index in [1.54, 1.807) is 0 Å². The van der Waals surface area contributed by atoms with Gasteiger partial charge in [-0.3, -0.25) is 19.2 Å². The Labute approximate surface area is 161 Å². The number of Topliss-reactive ketones (excluding diaryl/α,β-unsaturated/α-hetero) is 2. The van der Waals surface area contributed by atoms with Crippen LogP contribution in [0.3, 0.4) is 0 Å². The molecule has 0 radical (unpaired) electrons. The van der Waals surface area contributed by atoms with Gasteiger partial charge in [0.25, 0.3) is 5.91 Å². The fourth-order valence-electron chi connectivity index (χ4n) is 3.91. The largest absolute Gasteiger partial charge is 0.344 e. The van der Waals surface area contributed by atoms with Gasteiger partial charge in [0.15, 0.2) is 5.78 Å². The molecule has 2 atom stereocenters. The lowest BCUT2D eigenvalue weighted by Crippen LogP contribution is -2.59. The van der Waals surface area contributed by atoms with Crippen molar-refractivity contribution < 1.29 is 19.2 Å². The van der Waals surface area contributed by atoms with Crippen molar-refractivity contribution in [1.29, 1.82) is 0 Å². The van der Waals surface area contributed by atoms with Crippen LogP contribution in [0, 0.1) is 0 Å². The van der Waals surface area contributed by atoms with Crippen molar-refractivity contribution >= 4 is 23.4 Å². The minimum Gasteiger partial charge on any atom is -0.344 e. The lowest BCUT2D eigenvalue weighted by atomic mass is 9.81. The summed E-state index contributed by atoms with van der Waals surface area (Å²) >= 11 is 0. The number of nitrogens with one attached hydrogen (secondary N) is 2. The molecule has 2 aliphatic rings. The normalized spacial score (nSPS) is 23.3. The van der Waals surface area contributed by atoms with Gasteiger partial charge in [-0.05, 0) is 32.1 Å². The van der Waals surface area contributed by atoms with Gasteiger partial charge in [0.2, 0.25) is 11.7 Å². The van der Waals surface area contributed by atoms with Crippen LogP contribution in [0.25, 0.3) is 0 Å². The highest BCUT2D eigenvalue weighted by atomic mass is 16.2. The molecule has 0 heterocycles. The fraction of sp³-hybridized carbons (Fsp3) is 0.800. The smallest absolute Gasteiger partial charge is 0.290 e. The number of carbonyl (C=O) groups is 4. The molecule has 2 amide bonds. The lowest BCUT2D eigenvalue weighted by Gasteiger charge is -2.33. The van der Waals surface area contributed by atoms with Gasteiger partial charge in [-0.2, -0.15) is 0 Å². The second-order valence-electron chi connectivity index (χ2n) is 7.99. The zero-order valence-electron chi connectivity index (χ0n) is 16.4. The van der Waals surface area contributed by atoms with Crippen LogP contribution in [0.2, 0.25) is 0 Å². The third-order valence-corrected chi connectivity index (χ3v) is 5.75. The van der Waals surface area contributed by atoms with E-state index in [0.717, 1.165) is 38.5 Å². The highest BCUT2D eigenvalue weighted by Crippen LogP contribution is 2.26. The number of ketones is 2. The third kappa shape index (κ3) is 5.86. The molecule has 7 nitrogen and oxygen atoms in total. The first-order chi connectivity index (χ1) is 12.9. The van der Waals surface area contributed by atoms with Gasteiger partial charge in [0.05, 0.1) is 17.6 Å². The predicted octanol–water partition coefficient (Wildman–Crippen LogP) is 1.52. The first kappa shape index (κ1) is 21.5. The molecule has 0 unspecified atom stereocenters. The second kappa shape index (κ2) is 9.97. The van der Waals surface area contributed by atoms with Crippen LogP contribution in [0.1, 0.15) is 84.0 Å². The Kier molecular flexibility index (Phi) is 7.95. The molecule has 7 heteroatoms. The Bertz CT molecular complexity index is 570. The van der Waals surface area contributed by atoms with Crippen LogP contribution < -0.4 is 16.4 Å². The van der Waals surface area contributed by atoms with Crippen molar-refractivity contribution in [2.45, 2.75) is 102 Å². The van der Waals surface area contributed by atoms with Crippen LogP contribution in [-0.2, 0) is 19.2 Å². The number of unbranched alkanes of at least 4 members (excludes halogenated alkanes) is 1. The van der Waals surface area contributed by atoms with E-state index >= 15 is 0 Å². The zero-order chi connectivity index (χ0) is 19.9. The first-order valence-corrected chi connectivity index (χ1v) is 10.3. The summed E-state index contributed by atoms with van der Waals surface area (Å²) in [6.45, 7) is 1.98. The van der Waals surface area contributed by atoms with Gasteiger partial charge in [-0.25, -0.2) is 0 Å². The van der Waals surface area contributed by atoms with Crippen LogP contribution in [-0.4, -0.2) is 41.0 Å². The SMILES string of the molecule is CCCC[C@H](NC(=O)C1(N)CCCCC1)C(=O)C(=O)N[C@@H]1CCCCC1=O. The molecule has 152 valence electrons. The molecule has 0 aromatic rings. The minimum absolute atomic E-state index is 0.0281. The summed E-state index contributed by atoms with van der Waals surface area (Å²) < 4.78 is 0.